The van der Waals surface area contributed by atoms with Gasteiger partial charge in [-0.15, -0.1) is 0 Å². The van der Waals surface area contributed by atoms with Crippen LogP contribution in [-0.2, 0) is 17.9 Å². The Hall–Kier alpha value is -2.64. The first kappa shape index (κ1) is 17.7. The van der Waals surface area contributed by atoms with Crippen LogP contribution in [0.4, 0.5) is 0 Å². The number of carboxylic acids is 1. The van der Waals surface area contributed by atoms with Crippen LogP contribution in [0.25, 0.3) is 0 Å². The SMILES string of the molecule is CCN(Cc1cn(CC)nc1C)C(=O)C(C)n1ccc(C(=O)O)n1. The van der Waals surface area contributed by atoms with E-state index in [-0.39, 0.29) is 11.6 Å². The molecule has 0 saturated carbocycles. The molecule has 0 fully saturated rings. The zero-order valence-electron chi connectivity index (χ0n) is 14.4. The Kier molecular flexibility index (Phi) is 5.38. The minimum atomic E-state index is -1.11. The monoisotopic (exact) mass is 333 g/mol. The molecular formula is C16H23N5O3. The van der Waals surface area contributed by atoms with Gasteiger partial charge in [-0.25, -0.2) is 4.79 Å². The van der Waals surface area contributed by atoms with E-state index in [1.54, 1.807) is 11.8 Å². The van der Waals surface area contributed by atoms with Crippen LogP contribution in [0.3, 0.4) is 0 Å². The maximum absolute atomic E-state index is 12.7. The smallest absolute Gasteiger partial charge is 0.356 e. The van der Waals surface area contributed by atoms with Crippen LogP contribution in [0.1, 0.15) is 48.6 Å². The molecule has 1 unspecified atom stereocenters. The van der Waals surface area contributed by atoms with E-state index >= 15 is 0 Å². The van der Waals surface area contributed by atoms with E-state index in [1.807, 2.05) is 31.6 Å². The Morgan fingerprint density at radius 2 is 2.04 bits per heavy atom. The van der Waals surface area contributed by atoms with E-state index < -0.39 is 12.0 Å². The lowest BCUT2D eigenvalue weighted by Gasteiger charge is -2.24. The van der Waals surface area contributed by atoms with Crippen LogP contribution in [0, 0.1) is 6.92 Å². The van der Waals surface area contributed by atoms with Crippen molar-refractivity contribution in [2.45, 2.75) is 46.8 Å². The highest BCUT2D eigenvalue weighted by atomic mass is 16.4. The van der Waals surface area contributed by atoms with E-state index in [1.165, 1.54) is 16.9 Å². The molecule has 0 aromatic carbocycles. The molecule has 24 heavy (non-hydrogen) atoms. The van der Waals surface area contributed by atoms with Gasteiger partial charge in [-0.3, -0.25) is 14.2 Å². The molecular weight excluding hydrogens is 310 g/mol. The molecule has 1 atom stereocenters. The first-order valence-corrected chi connectivity index (χ1v) is 7.97. The Balaban J connectivity index is 2.14. The highest BCUT2D eigenvalue weighted by Gasteiger charge is 2.23. The van der Waals surface area contributed by atoms with Crippen molar-refractivity contribution in [1.29, 1.82) is 0 Å². The minimum Gasteiger partial charge on any atom is -0.476 e. The average Bonchev–Trinajstić information content (AvgIpc) is 3.18. The first-order chi connectivity index (χ1) is 11.4. The molecule has 0 bridgehead atoms. The summed E-state index contributed by atoms with van der Waals surface area (Å²) < 4.78 is 3.23. The van der Waals surface area contributed by atoms with Gasteiger partial charge in [-0.1, -0.05) is 0 Å². The average molecular weight is 333 g/mol. The Morgan fingerprint density at radius 1 is 1.33 bits per heavy atom. The minimum absolute atomic E-state index is 0.0715. The Labute approximate surface area is 140 Å². The zero-order chi connectivity index (χ0) is 17.9. The predicted molar refractivity (Wildman–Crippen MR) is 87.6 cm³/mol. The lowest BCUT2D eigenvalue weighted by molar-refractivity contribution is -0.135. The summed E-state index contributed by atoms with van der Waals surface area (Å²) in [4.78, 5) is 25.4. The van der Waals surface area contributed by atoms with Gasteiger partial charge in [-0.2, -0.15) is 10.2 Å². The number of aromatic carboxylic acids is 1. The van der Waals surface area contributed by atoms with E-state index in [2.05, 4.69) is 10.2 Å². The van der Waals surface area contributed by atoms with Gasteiger partial charge in [0, 0.05) is 37.6 Å². The van der Waals surface area contributed by atoms with Crippen LogP contribution < -0.4 is 0 Å². The number of hydrogen-bond acceptors (Lipinski definition) is 4. The van der Waals surface area contributed by atoms with Gasteiger partial charge in [0.1, 0.15) is 6.04 Å². The number of likely N-dealkylation sites (N-methyl/N-ethyl adjacent to an activating group) is 1. The van der Waals surface area contributed by atoms with Crippen molar-refractivity contribution in [3.63, 3.8) is 0 Å². The summed E-state index contributed by atoms with van der Waals surface area (Å²) in [6, 6.07) is 0.817. The van der Waals surface area contributed by atoms with Gasteiger partial charge in [0.25, 0.3) is 0 Å². The molecule has 0 radical (unpaired) electrons. The highest BCUT2D eigenvalue weighted by Crippen LogP contribution is 2.15. The van der Waals surface area contributed by atoms with Gasteiger partial charge in [-0.05, 0) is 33.8 Å². The summed E-state index contributed by atoms with van der Waals surface area (Å²) >= 11 is 0. The number of carbonyl (C=O) groups excluding carboxylic acids is 1. The topological polar surface area (TPSA) is 93.2 Å². The fourth-order valence-corrected chi connectivity index (χ4v) is 2.47. The maximum atomic E-state index is 12.7. The molecule has 2 aromatic heterocycles. The molecule has 1 N–H and O–H groups in total. The molecule has 0 saturated heterocycles. The third-order valence-corrected chi connectivity index (χ3v) is 4.01. The summed E-state index contributed by atoms with van der Waals surface area (Å²) in [6.45, 7) is 9.37. The number of carboxylic acid groups (broad SMARTS) is 1. The summed E-state index contributed by atoms with van der Waals surface area (Å²) in [6.07, 6.45) is 3.46. The molecule has 2 aromatic rings. The summed E-state index contributed by atoms with van der Waals surface area (Å²) in [5.41, 5.74) is 1.84. The van der Waals surface area contributed by atoms with Crippen LogP contribution in [-0.4, -0.2) is 48.0 Å². The lowest BCUT2D eigenvalue weighted by Crippen LogP contribution is -2.36. The Morgan fingerprint density at radius 3 is 2.54 bits per heavy atom. The second-order valence-corrected chi connectivity index (χ2v) is 5.61. The number of carbonyl (C=O) groups is 2. The number of aryl methyl sites for hydroxylation is 2. The first-order valence-electron chi connectivity index (χ1n) is 7.97. The lowest BCUT2D eigenvalue weighted by atomic mass is 10.2. The van der Waals surface area contributed by atoms with Crippen molar-refractivity contribution in [1.82, 2.24) is 24.5 Å². The molecule has 0 aliphatic rings. The van der Waals surface area contributed by atoms with Crippen LogP contribution in [0.15, 0.2) is 18.5 Å². The molecule has 0 aliphatic heterocycles. The summed E-state index contributed by atoms with van der Waals surface area (Å²) in [5.74, 6) is -1.22. The van der Waals surface area contributed by atoms with Gasteiger partial charge in [0.2, 0.25) is 5.91 Å². The normalized spacial score (nSPS) is 12.2. The highest BCUT2D eigenvalue weighted by molar-refractivity contribution is 5.85. The Bertz CT molecular complexity index is 734. The molecule has 0 spiro atoms. The van der Waals surface area contributed by atoms with Crippen molar-refractivity contribution in [3.05, 3.63) is 35.4 Å². The third-order valence-electron chi connectivity index (χ3n) is 4.01. The molecule has 0 aliphatic carbocycles. The van der Waals surface area contributed by atoms with Gasteiger partial charge in [0.05, 0.1) is 5.69 Å². The fraction of sp³-hybridized carbons (Fsp3) is 0.500. The van der Waals surface area contributed by atoms with Crippen molar-refractivity contribution in [2.75, 3.05) is 6.54 Å². The number of nitrogens with zero attached hydrogens (tertiary/aromatic N) is 5. The zero-order valence-corrected chi connectivity index (χ0v) is 14.4. The van der Waals surface area contributed by atoms with Crippen molar-refractivity contribution >= 4 is 11.9 Å². The van der Waals surface area contributed by atoms with Crippen molar-refractivity contribution in [2.24, 2.45) is 0 Å². The van der Waals surface area contributed by atoms with Crippen LogP contribution in [0.2, 0.25) is 0 Å². The second kappa shape index (κ2) is 7.29. The van der Waals surface area contributed by atoms with Crippen molar-refractivity contribution < 1.29 is 14.7 Å². The number of rotatable bonds is 7. The molecule has 2 rings (SSSR count). The number of amides is 1. The maximum Gasteiger partial charge on any atom is 0.356 e. The van der Waals surface area contributed by atoms with Crippen LogP contribution in [0.5, 0.6) is 0 Å². The standard InChI is InChI=1S/C16H23N5O3/c1-5-19(9-13-10-20(6-2)17-11(13)3)15(22)12(4)21-8-7-14(18-21)16(23)24/h7-8,10,12H,5-6,9H2,1-4H3,(H,23,24). The number of hydrogen-bond donors (Lipinski definition) is 1. The molecule has 8 nitrogen and oxygen atoms in total. The second-order valence-electron chi connectivity index (χ2n) is 5.61. The summed E-state index contributed by atoms with van der Waals surface area (Å²) in [7, 11) is 0. The van der Waals surface area contributed by atoms with Gasteiger partial charge in [0.15, 0.2) is 5.69 Å². The van der Waals surface area contributed by atoms with E-state index in [4.69, 9.17) is 5.11 Å². The van der Waals surface area contributed by atoms with Gasteiger partial charge < -0.3 is 10.0 Å². The quantitative estimate of drug-likeness (QED) is 0.832. The van der Waals surface area contributed by atoms with Crippen molar-refractivity contribution in [3.8, 4) is 0 Å². The molecule has 130 valence electrons. The van der Waals surface area contributed by atoms with Crippen LogP contribution >= 0.6 is 0 Å². The number of aromatic nitrogens is 4. The van der Waals surface area contributed by atoms with E-state index in [9.17, 15) is 9.59 Å². The van der Waals surface area contributed by atoms with E-state index in [0.717, 1.165) is 17.8 Å². The summed E-state index contributed by atoms with van der Waals surface area (Å²) in [5, 5.41) is 17.3. The molecule has 2 heterocycles. The largest absolute Gasteiger partial charge is 0.476 e. The molecule has 8 heteroatoms. The third kappa shape index (κ3) is 3.64. The van der Waals surface area contributed by atoms with Gasteiger partial charge >= 0.3 is 5.97 Å². The molecule has 1 amide bonds. The predicted octanol–water partition coefficient (Wildman–Crippen LogP) is 1.72. The fourth-order valence-electron chi connectivity index (χ4n) is 2.47. The van der Waals surface area contributed by atoms with E-state index in [0.29, 0.717) is 13.1 Å².